The molecule has 5 nitrogen and oxygen atoms in total. The number of nitrogens with zero attached hydrogens (tertiary/aromatic N) is 3. The Hall–Kier alpha value is -2.43. The zero-order chi connectivity index (χ0) is 14.5. The van der Waals surface area contributed by atoms with Gasteiger partial charge in [0.1, 0.15) is 0 Å². The summed E-state index contributed by atoms with van der Waals surface area (Å²) < 4.78 is 0. The molecule has 2 rings (SSSR count). The van der Waals surface area contributed by atoms with Crippen LogP contribution in [0.2, 0.25) is 0 Å². The van der Waals surface area contributed by atoms with Crippen molar-refractivity contribution in [2.75, 3.05) is 18.5 Å². The summed E-state index contributed by atoms with van der Waals surface area (Å²) in [4.78, 5) is 21.2. The Bertz CT molecular complexity index is 599. The number of carbonyl (C=O) groups is 1. The predicted molar refractivity (Wildman–Crippen MR) is 77.1 cm³/mol. The number of hydrogen-bond acceptors (Lipinski definition) is 4. The van der Waals surface area contributed by atoms with E-state index in [0.29, 0.717) is 11.6 Å². The van der Waals surface area contributed by atoms with Crippen molar-refractivity contribution in [1.82, 2.24) is 9.97 Å². The Morgan fingerprint density at radius 1 is 1.25 bits per heavy atom. The molecular formula is C15H17N3O2. The van der Waals surface area contributed by atoms with Gasteiger partial charge >= 0.3 is 5.97 Å². The third-order valence-electron chi connectivity index (χ3n) is 2.98. The molecule has 1 aromatic carbocycles. The largest absolute Gasteiger partial charge is 0.477 e. The number of rotatable bonds is 5. The standard InChI is InChI=1S/C15H17N3O2/c1-11-10-13(14(19)20)17-15(16-11)18(2)9-8-12-6-4-3-5-7-12/h3-7,10H,8-9H2,1-2H3,(H,19,20). The van der Waals surface area contributed by atoms with Crippen LogP contribution >= 0.6 is 0 Å². The molecule has 0 atom stereocenters. The zero-order valence-corrected chi connectivity index (χ0v) is 11.6. The maximum absolute atomic E-state index is 11.0. The Labute approximate surface area is 117 Å². The van der Waals surface area contributed by atoms with Crippen molar-refractivity contribution in [3.8, 4) is 0 Å². The number of carboxylic acids is 1. The third kappa shape index (κ3) is 3.54. The lowest BCUT2D eigenvalue weighted by atomic mass is 10.1. The average molecular weight is 271 g/mol. The van der Waals surface area contributed by atoms with E-state index in [1.54, 1.807) is 6.92 Å². The lowest BCUT2D eigenvalue weighted by molar-refractivity contribution is 0.0690. The maximum atomic E-state index is 11.0. The summed E-state index contributed by atoms with van der Waals surface area (Å²) in [5, 5.41) is 9.01. The highest BCUT2D eigenvalue weighted by Crippen LogP contribution is 2.10. The van der Waals surface area contributed by atoms with Gasteiger partial charge < -0.3 is 10.0 Å². The zero-order valence-electron chi connectivity index (χ0n) is 11.6. The quantitative estimate of drug-likeness (QED) is 0.902. The normalized spacial score (nSPS) is 10.3. The fourth-order valence-corrected chi connectivity index (χ4v) is 1.87. The molecule has 0 bridgehead atoms. The fourth-order valence-electron chi connectivity index (χ4n) is 1.87. The summed E-state index contributed by atoms with van der Waals surface area (Å²) in [6.07, 6.45) is 0.858. The van der Waals surface area contributed by atoms with Gasteiger partial charge in [0, 0.05) is 19.3 Å². The molecule has 0 amide bonds. The van der Waals surface area contributed by atoms with Crippen molar-refractivity contribution >= 4 is 11.9 Å². The number of hydrogen-bond donors (Lipinski definition) is 1. The lowest BCUT2D eigenvalue weighted by Crippen LogP contribution is -2.23. The van der Waals surface area contributed by atoms with Crippen LogP contribution in [-0.2, 0) is 6.42 Å². The molecule has 1 aromatic heterocycles. The van der Waals surface area contributed by atoms with Crippen LogP contribution in [-0.4, -0.2) is 34.6 Å². The highest BCUT2D eigenvalue weighted by atomic mass is 16.4. The summed E-state index contributed by atoms with van der Waals surface area (Å²) in [6, 6.07) is 11.6. The molecule has 1 heterocycles. The minimum Gasteiger partial charge on any atom is -0.477 e. The first-order chi connectivity index (χ1) is 9.56. The SMILES string of the molecule is Cc1cc(C(=O)O)nc(N(C)CCc2ccccc2)n1. The highest BCUT2D eigenvalue weighted by Gasteiger charge is 2.11. The molecule has 0 radical (unpaired) electrons. The molecule has 2 aromatic rings. The van der Waals surface area contributed by atoms with Gasteiger partial charge in [0.05, 0.1) is 0 Å². The van der Waals surface area contributed by atoms with Crippen LogP contribution in [0.3, 0.4) is 0 Å². The van der Waals surface area contributed by atoms with Crippen LogP contribution < -0.4 is 4.90 Å². The van der Waals surface area contributed by atoms with Gasteiger partial charge in [0.15, 0.2) is 5.69 Å². The van der Waals surface area contributed by atoms with Crippen LogP contribution in [0.1, 0.15) is 21.7 Å². The number of aromatic nitrogens is 2. The first-order valence-electron chi connectivity index (χ1n) is 6.40. The molecule has 0 aliphatic heterocycles. The topological polar surface area (TPSA) is 66.3 Å². The van der Waals surface area contributed by atoms with E-state index in [9.17, 15) is 4.79 Å². The third-order valence-corrected chi connectivity index (χ3v) is 2.98. The van der Waals surface area contributed by atoms with Gasteiger partial charge in [-0.25, -0.2) is 14.8 Å². The van der Waals surface area contributed by atoms with Crippen molar-refractivity contribution in [3.05, 3.63) is 53.3 Å². The molecule has 0 saturated carbocycles. The molecule has 0 aliphatic carbocycles. The van der Waals surface area contributed by atoms with Crippen molar-refractivity contribution < 1.29 is 9.90 Å². The Morgan fingerprint density at radius 3 is 2.60 bits per heavy atom. The number of likely N-dealkylation sites (N-methyl/N-ethyl adjacent to an activating group) is 1. The van der Waals surface area contributed by atoms with E-state index in [1.165, 1.54) is 11.6 Å². The molecule has 0 fully saturated rings. The Kier molecular flexibility index (Phi) is 4.30. The van der Waals surface area contributed by atoms with Gasteiger partial charge in [-0.1, -0.05) is 30.3 Å². The van der Waals surface area contributed by atoms with E-state index in [2.05, 4.69) is 22.1 Å². The molecular weight excluding hydrogens is 254 g/mol. The summed E-state index contributed by atoms with van der Waals surface area (Å²) in [6.45, 7) is 2.50. The summed E-state index contributed by atoms with van der Waals surface area (Å²) in [7, 11) is 1.86. The first kappa shape index (κ1) is 14.0. The Morgan fingerprint density at radius 2 is 1.95 bits per heavy atom. The number of aromatic carboxylic acids is 1. The number of benzene rings is 1. The van der Waals surface area contributed by atoms with Gasteiger partial charge in [0.2, 0.25) is 5.95 Å². The molecule has 0 aliphatic rings. The van der Waals surface area contributed by atoms with Gasteiger partial charge in [0.25, 0.3) is 0 Å². The first-order valence-corrected chi connectivity index (χ1v) is 6.40. The van der Waals surface area contributed by atoms with E-state index in [4.69, 9.17) is 5.11 Å². The van der Waals surface area contributed by atoms with Crippen molar-refractivity contribution in [2.45, 2.75) is 13.3 Å². The minimum absolute atomic E-state index is 0.0269. The fraction of sp³-hybridized carbons (Fsp3) is 0.267. The minimum atomic E-state index is -1.03. The van der Waals surface area contributed by atoms with E-state index in [-0.39, 0.29) is 5.69 Å². The van der Waals surface area contributed by atoms with Crippen molar-refractivity contribution in [2.24, 2.45) is 0 Å². The summed E-state index contributed by atoms with van der Waals surface area (Å²) in [5.74, 6) is -0.591. The number of anilines is 1. The van der Waals surface area contributed by atoms with Gasteiger partial charge in [-0.15, -0.1) is 0 Å². The summed E-state index contributed by atoms with van der Waals surface area (Å²) in [5.41, 5.74) is 1.91. The van der Waals surface area contributed by atoms with E-state index >= 15 is 0 Å². The Balaban J connectivity index is 2.09. The predicted octanol–water partition coefficient (Wildman–Crippen LogP) is 2.16. The second-order valence-electron chi connectivity index (χ2n) is 4.66. The average Bonchev–Trinajstić information content (AvgIpc) is 2.45. The maximum Gasteiger partial charge on any atom is 0.354 e. The van der Waals surface area contributed by atoms with E-state index in [0.717, 1.165) is 13.0 Å². The van der Waals surface area contributed by atoms with E-state index < -0.39 is 5.97 Å². The highest BCUT2D eigenvalue weighted by molar-refractivity contribution is 5.85. The molecule has 5 heteroatoms. The van der Waals surface area contributed by atoms with Crippen molar-refractivity contribution in [1.29, 1.82) is 0 Å². The van der Waals surface area contributed by atoms with Crippen LogP contribution in [0.15, 0.2) is 36.4 Å². The van der Waals surface area contributed by atoms with Gasteiger partial charge in [-0.3, -0.25) is 0 Å². The second kappa shape index (κ2) is 6.14. The molecule has 0 saturated heterocycles. The van der Waals surface area contributed by atoms with E-state index in [1.807, 2.05) is 30.1 Å². The van der Waals surface area contributed by atoms with Gasteiger partial charge in [-0.2, -0.15) is 0 Å². The second-order valence-corrected chi connectivity index (χ2v) is 4.66. The number of carboxylic acid groups (broad SMARTS) is 1. The molecule has 0 spiro atoms. The van der Waals surface area contributed by atoms with Crippen LogP contribution in [0.5, 0.6) is 0 Å². The molecule has 20 heavy (non-hydrogen) atoms. The molecule has 0 unspecified atom stereocenters. The van der Waals surface area contributed by atoms with Crippen LogP contribution in [0.4, 0.5) is 5.95 Å². The smallest absolute Gasteiger partial charge is 0.354 e. The monoisotopic (exact) mass is 271 g/mol. The van der Waals surface area contributed by atoms with Crippen LogP contribution in [0, 0.1) is 6.92 Å². The van der Waals surface area contributed by atoms with Gasteiger partial charge in [-0.05, 0) is 25.0 Å². The summed E-state index contributed by atoms with van der Waals surface area (Å²) >= 11 is 0. The van der Waals surface area contributed by atoms with Crippen molar-refractivity contribution in [3.63, 3.8) is 0 Å². The number of aryl methyl sites for hydroxylation is 1. The molecule has 1 N–H and O–H groups in total. The lowest BCUT2D eigenvalue weighted by Gasteiger charge is -2.17. The van der Waals surface area contributed by atoms with Crippen LogP contribution in [0.25, 0.3) is 0 Å². The molecule has 104 valence electrons.